The van der Waals surface area contributed by atoms with Gasteiger partial charge in [0.15, 0.2) is 0 Å². The molecule has 0 amide bonds. The fourth-order valence-electron chi connectivity index (χ4n) is 3.27. The van der Waals surface area contributed by atoms with Crippen LogP contribution < -0.4 is 10.2 Å². The lowest BCUT2D eigenvalue weighted by molar-refractivity contribution is -0.133. The van der Waals surface area contributed by atoms with Gasteiger partial charge in [0, 0.05) is 6.07 Å². The average Bonchev–Trinajstić information content (AvgIpc) is 2.68. The monoisotopic (exact) mass is 388 g/mol. The van der Waals surface area contributed by atoms with Crippen molar-refractivity contribution in [2.75, 3.05) is 0 Å². The van der Waals surface area contributed by atoms with E-state index in [1.54, 1.807) is 25.1 Å². The molecule has 0 unspecified atom stereocenters. The Kier molecular flexibility index (Phi) is 4.96. The maximum atomic E-state index is 13.3. The summed E-state index contributed by atoms with van der Waals surface area (Å²) in [5.74, 6) is -0.201. The number of esters is 1. The number of benzene rings is 3. The van der Waals surface area contributed by atoms with E-state index in [0.29, 0.717) is 27.9 Å². The van der Waals surface area contributed by atoms with Crippen LogP contribution in [0.2, 0.25) is 0 Å². The molecule has 0 aliphatic heterocycles. The molecular weight excluding hydrogens is 371 g/mol. The van der Waals surface area contributed by atoms with E-state index in [1.807, 2.05) is 30.3 Å². The first kappa shape index (κ1) is 18.6. The van der Waals surface area contributed by atoms with E-state index >= 15 is 0 Å². The van der Waals surface area contributed by atoms with Crippen LogP contribution in [-0.2, 0) is 11.2 Å². The fourth-order valence-corrected chi connectivity index (χ4v) is 3.27. The number of halogens is 1. The maximum Gasteiger partial charge on any atom is 0.315 e. The molecule has 1 aromatic heterocycles. The molecule has 0 spiro atoms. The van der Waals surface area contributed by atoms with Crippen LogP contribution in [0.5, 0.6) is 5.75 Å². The van der Waals surface area contributed by atoms with Gasteiger partial charge >= 0.3 is 5.97 Å². The number of hydrogen-bond acceptors (Lipinski definition) is 4. The van der Waals surface area contributed by atoms with Gasteiger partial charge < -0.3 is 9.15 Å². The average molecular weight is 388 g/mol. The van der Waals surface area contributed by atoms with E-state index in [4.69, 9.17) is 9.15 Å². The Labute approximate surface area is 166 Å². The molecule has 0 aliphatic rings. The van der Waals surface area contributed by atoms with Gasteiger partial charge in [-0.05, 0) is 42.3 Å². The normalized spacial score (nSPS) is 10.8. The maximum absolute atomic E-state index is 13.3. The van der Waals surface area contributed by atoms with Crippen molar-refractivity contribution >= 4 is 16.9 Å². The van der Waals surface area contributed by atoms with Crippen molar-refractivity contribution in [3.63, 3.8) is 0 Å². The summed E-state index contributed by atoms with van der Waals surface area (Å²) < 4.78 is 24.4. The lowest BCUT2D eigenvalue weighted by Crippen LogP contribution is -2.12. The second kappa shape index (κ2) is 7.72. The minimum absolute atomic E-state index is 0.0638. The molecular formula is C24H17FO4. The van der Waals surface area contributed by atoms with Gasteiger partial charge in [-0.1, -0.05) is 42.5 Å². The summed E-state index contributed by atoms with van der Waals surface area (Å²) in [4.78, 5) is 25.1. The summed E-state index contributed by atoms with van der Waals surface area (Å²) in [5, 5.41) is 0.402. The van der Waals surface area contributed by atoms with Crippen LogP contribution in [0, 0.1) is 12.7 Å². The van der Waals surface area contributed by atoms with Gasteiger partial charge in [0.25, 0.3) is 0 Å². The molecule has 0 N–H and O–H groups in total. The number of hydrogen-bond donors (Lipinski definition) is 0. The van der Waals surface area contributed by atoms with Crippen LogP contribution in [-0.4, -0.2) is 5.97 Å². The Bertz CT molecular complexity index is 1260. The van der Waals surface area contributed by atoms with E-state index in [9.17, 15) is 14.0 Å². The van der Waals surface area contributed by atoms with Crippen molar-refractivity contribution in [1.29, 1.82) is 0 Å². The highest BCUT2D eigenvalue weighted by Gasteiger charge is 2.15. The Morgan fingerprint density at radius 3 is 2.55 bits per heavy atom. The van der Waals surface area contributed by atoms with E-state index in [2.05, 4.69) is 0 Å². The molecule has 0 saturated heterocycles. The zero-order valence-electron chi connectivity index (χ0n) is 15.6. The van der Waals surface area contributed by atoms with Crippen molar-refractivity contribution in [2.24, 2.45) is 0 Å². The summed E-state index contributed by atoms with van der Waals surface area (Å²) in [6.07, 6.45) is -0.0638. The van der Waals surface area contributed by atoms with Crippen LogP contribution in [0.4, 0.5) is 4.39 Å². The first-order chi connectivity index (χ1) is 14.0. The van der Waals surface area contributed by atoms with Gasteiger partial charge in [-0.3, -0.25) is 9.59 Å². The van der Waals surface area contributed by atoms with Crippen molar-refractivity contribution in [3.05, 3.63) is 100 Å². The van der Waals surface area contributed by atoms with E-state index < -0.39 is 11.8 Å². The predicted octanol–water partition coefficient (Wildman–Crippen LogP) is 5.06. The zero-order chi connectivity index (χ0) is 20.4. The lowest BCUT2D eigenvalue weighted by atomic mass is 10.0. The molecule has 0 bridgehead atoms. The highest BCUT2D eigenvalue weighted by Crippen LogP contribution is 2.26. The van der Waals surface area contributed by atoms with Gasteiger partial charge in [-0.2, -0.15) is 0 Å². The minimum atomic E-state index is -0.532. The number of rotatable bonds is 4. The second-order valence-electron chi connectivity index (χ2n) is 6.67. The Morgan fingerprint density at radius 2 is 1.79 bits per heavy atom. The molecule has 0 atom stereocenters. The molecule has 1 heterocycles. The zero-order valence-corrected chi connectivity index (χ0v) is 15.6. The van der Waals surface area contributed by atoms with E-state index in [-0.39, 0.29) is 17.6 Å². The van der Waals surface area contributed by atoms with Gasteiger partial charge in [0.05, 0.1) is 17.4 Å². The van der Waals surface area contributed by atoms with Crippen molar-refractivity contribution in [1.82, 2.24) is 0 Å². The third-order valence-electron chi connectivity index (χ3n) is 4.57. The number of carbonyl (C=O) groups is 1. The summed E-state index contributed by atoms with van der Waals surface area (Å²) in [6.45, 7) is 1.73. The highest BCUT2D eigenvalue weighted by molar-refractivity contribution is 5.84. The third-order valence-corrected chi connectivity index (χ3v) is 4.57. The van der Waals surface area contributed by atoms with Crippen LogP contribution in [0.1, 0.15) is 11.3 Å². The topological polar surface area (TPSA) is 56.5 Å². The number of carbonyl (C=O) groups excluding carboxylic acids is 1. The van der Waals surface area contributed by atoms with E-state index in [1.165, 1.54) is 24.3 Å². The molecule has 3 aromatic carbocycles. The van der Waals surface area contributed by atoms with Crippen molar-refractivity contribution in [3.8, 4) is 16.9 Å². The number of ether oxygens (including phenoxy) is 1. The molecule has 4 rings (SSSR count). The third kappa shape index (κ3) is 3.94. The molecule has 4 aromatic rings. The number of aryl methyl sites for hydroxylation is 1. The predicted molar refractivity (Wildman–Crippen MR) is 108 cm³/mol. The molecule has 4 nitrogen and oxygen atoms in total. The van der Waals surface area contributed by atoms with Gasteiger partial charge in [-0.15, -0.1) is 0 Å². The van der Waals surface area contributed by atoms with Crippen LogP contribution >= 0.6 is 0 Å². The largest absolute Gasteiger partial charge is 0.460 e. The van der Waals surface area contributed by atoms with Crippen LogP contribution in [0.25, 0.3) is 22.1 Å². The SMILES string of the molecule is Cc1oc2cc(OC(=O)Cc3cccc(F)c3)ccc2c(=O)c1-c1ccccc1. The molecule has 0 saturated carbocycles. The summed E-state index contributed by atoms with van der Waals surface area (Å²) in [5.41, 5.74) is 2.00. The second-order valence-corrected chi connectivity index (χ2v) is 6.67. The standard InChI is InChI=1S/C24H17FO4/c1-15-23(17-7-3-2-4-8-17)24(27)20-11-10-19(14-21(20)28-15)29-22(26)13-16-6-5-9-18(25)12-16/h2-12,14H,13H2,1H3. The number of fused-ring (bicyclic) bond motifs is 1. The van der Waals surface area contributed by atoms with Gasteiger partial charge in [0.2, 0.25) is 5.43 Å². The smallest absolute Gasteiger partial charge is 0.315 e. The minimum Gasteiger partial charge on any atom is -0.460 e. The summed E-state index contributed by atoms with van der Waals surface area (Å²) in [7, 11) is 0. The fraction of sp³-hybridized carbons (Fsp3) is 0.0833. The molecule has 5 heteroatoms. The lowest BCUT2D eigenvalue weighted by Gasteiger charge is -2.09. The van der Waals surface area contributed by atoms with Gasteiger partial charge in [0.1, 0.15) is 22.9 Å². The van der Waals surface area contributed by atoms with E-state index in [0.717, 1.165) is 5.56 Å². The van der Waals surface area contributed by atoms with Crippen molar-refractivity contribution < 1.29 is 18.3 Å². The van der Waals surface area contributed by atoms with Crippen molar-refractivity contribution in [2.45, 2.75) is 13.3 Å². The first-order valence-electron chi connectivity index (χ1n) is 9.09. The van der Waals surface area contributed by atoms with Gasteiger partial charge in [-0.25, -0.2) is 4.39 Å². The highest BCUT2D eigenvalue weighted by atomic mass is 19.1. The molecule has 0 radical (unpaired) electrons. The Morgan fingerprint density at radius 1 is 1.00 bits per heavy atom. The quantitative estimate of drug-likeness (QED) is 0.362. The summed E-state index contributed by atoms with van der Waals surface area (Å²) in [6, 6.07) is 19.7. The molecule has 29 heavy (non-hydrogen) atoms. The first-order valence-corrected chi connectivity index (χ1v) is 9.09. The van der Waals surface area contributed by atoms with Crippen LogP contribution in [0.15, 0.2) is 82.0 Å². The Balaban J connectivity index is 1.63. The Hall–Kier alpha value is -3.73. The molecule has 0 aliphatic carbocycles. The molecule has 144 valence electrons. The molecule has 0 fully saturated rings. The van der Waals surface area contributed by atoms with Crippen LogP contribution in [0.3, 0.4) is 0 Å². The summed E-state index contributed by atoms with van der Waals surface area (Å²) >= 11 is 0.